The van der Waals surface area contributed by atoms with E-state index in [9.17, 15) is 0 Å². The smallest absolute Gasteiger partial charge is 0.231 e. The van der Waals surface area contributed by atoms with Crippen LogP contribution >= 0.6 is 0 Å². The lowest BCUT2D eigenvalue weighted by Gasteiger charge is -2.12. The van der Waals surface area contributed by atoms with E-state index < -0.39 is 0 Å². The summed E-state index contributed by atoms with van der Waals surface area (Å²) >= 11 is 0. The van der Waals surface area contributed by atoms with Crippen molar-refractivity contribution in [3.63, 3.8) is 0 Å². The van der Waals surface area contributed by atoms with E-state index in [0.29, 0.717) is 12.7 Å². The van der Waals surface area contributed by atoms with E-state index in [4.69, 9.17) is 14.2 Å². The summed E-state index contributed by atoms with van der Waals surface area (Å²) in [5, 5.41) is 0. The summed E-state index contributed by atoms with van der Waals surface area (Å²) < 4.78 is 15.9. The second-order valence-corrected chi connectivity index (χ2v) is 3.60. The largest absolute Gasteiger partial charge is 0.496 e. The van der Waals surface area contributed by atoms with Crippen LogP contribution in [0.25, 0.3) is 0 Å². The van der Waals surface area contributed by atoms with Crippen molar-refractivity contribution in [2.24, 2.45) is 0 Å². The SMILES string of the molecule is COc1cc2c(cc1C(C)C)OCO2. The molecule has 0 saturated carbocycles. The molecule has 0 unspecified atom stereocenters. The summed E-state index contributed by atoms with van der Waals surface area (Å²) in [6.45, 7) is 4.56. The lowest BCUT2D eigenvalue weighted by atomic mass is 10.0. The van der Waals surface area contributed by atoms with E-state index in [1.807, 2.05) is 12.1 Å². The molecule has 3 nitrogen and oxygen atoms in total. The third-order valence-corrected chi connectivity index (χ3v) is 2.35. The molecular weight excluding hydrogens is 180 g/mol. The predicted octanol–water partition coefficient (Wildman–Crippen LogP) is 2.55. The van der Waals surface area contributed by atoms with Crippen molar-refractivity contribution >= 4 is 0 Å². The zero-order chi connectivity index (χ0) is 10.1. The highest BCUT2D eigenvalue weighted by atomic mass is 16.7. The molecule has 0 aliphatic carbocycles. The van der Waals surface area contributed by atoms with E-state index in [1.54, 1.807) is 7.11 Å². The molecule has 1 aliphatic heterocycles. The average molecular weight is 194 g/mol. The van der Waals surface area contributed by atoms with Crippen LogP contribution in [0.5, 0.6) is 17.2 Å². The number of rotatable bonds is 2. The van der Waals surface area contributed by atoms with Crippen LogP contribution in [0.2, 0.25) is 0 Å². The van der Waals surface area contributed by atoms with Crippen molar-refractivity contribution in [2.45, 2.75) is 19.8 Å². The first kappa shape index (κ1) is 9.19. The number of ether oxygens (including phenoxy) is 3. The number of benzene rings is 1. The van der Waals surface area contributed by atoms with E-state index >= 15 is 0 Å². The topological polar surface area (TPSA) is 27.7 Å². The fourth-order valence-corrected chi connectivity index (χ4v) is 1.57. The lowest BCUT2D eigenvalue weighted by molar-refractivity contribution is 0.174. The van der Waals surface area contributed by atoms with Gasteiger partial charge in [0, 0.05) is 11.6 Å². The highest BCUT2D eigenvalue weighted by molar-refractivity contribution is 5.52. The van der Waals surface area contributed by atoms with E-state index in [1.165, 1.54) is 0 Å². The minimum absolute atomic E-state index is 0.306. The number of methoxy groups -OCH3 is 1. The molecule has 0 bridgehead atoms. The van der Waals surface area contributed by atoms with Gasteiger partial charge in [-0.1, -0.05) is 13.8 Å². The Labute approximate surface area is 83.6 Å². The number of hydrogen-bond acceptors (Lipinski definition) is 3. The van der Waals surface area contributed by atoms with Crippen LogP contribution < -0.4 is 14.2 Å². The van der Waals surface area contributed by atoms with Crippen LogP contribution in [0, 0.1) is 0 Å². The Hall–Kier alpha value is -1.38. The van der Waals surface area contributed by atoms with Gasteiger partial charge in [0.2, 0.25) is 6.79 Å². The summed E-state index contributed by atoms with van der Waals surface area (Å²) in [6, 6.07) is 3.88. The molecule has 14 heavy (non-hydrogen) atoms. The van der Waals surface area contributed by atoms with Gasteiger partial charge in [-0.15, -0.1) is 0 Å². The molecule has 1 aromatic rings. The molecular formula is C11H14O3. The summed E-state index contributed by atoms with van der Waals surface area (Å²) in [4.78, 5) is 0. The Morgan fingerprint density at radius 3 is 2.43 bits per heavy atom. The maximum atomic E-state index is 5.31. The van der Waals surface area contributed by atoms with Crippen LogP contribution in [-0.2, 0) is 0 Å². The van der Waals surface area contributed by atoms with Gasteiger partial charge in [-0.25, -0.2) is 0 Å². The Kier molecular flexibility index (Phi) is 2.23. The van der Waals surface area contributed by atoms with Crippen molar-refractivity contribution < 1.29 is 14.2 Å². The summed E-state index contributed by atoms with van der Waals surface area (Å²) in [7, 11) is 1.67. The normalized spacial score (nSPS) is 13.4. The van der Waals surface area contributed by atoms with Gasteiger partial charge in [-0.05, 0) is 12.0 Å². The van der Waals surface area contributed by atoms with Crippen LogP contribution in [-0.4, -0.2) is 13.9 Å². The molecule has 0 fully saturated rings. The van der Waals surface area contributed by atoms with E-state index in [0.717, 1.165) is 22.8 Å². The molecule has 0 atom stereocenters. The van der Waals surface area contributed by atoms with Crippen LogP contribution in [0.4, 0.5) is 0 Å². The maximum absolute atomic E-state index is 5.31. The molecule has 0 N–H and O–H groups in total. The third-order valence-electron chi connectivity index (χ3n) is 2.35. The zero-order valence-electron chi connectivity index (χ0n) is 8.66. The van der Waals surface area contributed by atoms with Gasteiger partial charge in [0.1, 0.15) is 5.75 Å². The highest BCUT2D eigenvalue weighted by Crippen LogP contribution is 2.40. The van der Waals surface area contributed by atoms with Crippen molar-refractivity contribution in [3.05, 3.63) is 17.7 Å². The van der Waals surface area contributed by atoms with Crippen LogP contribution in [0.1, 0.15) is 25.3 Å². The second kappa shape index (κ2) is 3.40. The van der Waals surface area contributed by atoms with Crippen molar-refractivity contribution in [2.75, 3.05) is 13.9 Å². The molecule has 3 heteroatoms. The van der Waals surface area contributed by atoms with E-state index in [2.05, 4.69) is 13.8 Å². The van der Waals surface area contributed by atoms with Gasteiger partial charge >= 0.3 is 0 Å². The Bertz CT molecular complexity index is 345. The Morgan fingerprint density at radius 2 is 1.86 bits per heavy atom. The third kappa shape index (κ3) is 1.39. The quantitative estimate of drug-likeness (QED) is 0.724. The molecule has 0 saturated heterocycles. The molecule has 1 aliphatic rings. The molecule has 0 amide bonds. The van der Waals surface area contributed by atoms with Crippen molar-refractivity contribution in [1.82, 2.24) is 0 Å². The molecule has 2 rings (SSSR count). The molecule has 76 valence electrons. The zero-order valence-corrected chi connectivity index (χ0v) is 8.66. The second-order valence-electron chi connectivity index (χ2n) is 3.60. The standard InChI is InChI=1S/C11H14O3/c1-7(2)8-4-10-11(14-6-13-10)5-9(8)12-3/h4-5,7H,6H2,1-3H3. The van der Waals surface area contributed by atoms with Gasteiger partial charge in [0.25, 0.3) is 0 Å². The molecule has 0 aromatic heterocycles. The average Bonchev–Trinajstić information content (AvgIpc) is 2.62. The summed E-state index contributed by atoms with van der Waals surface area (Å²) in [6.07, 6.45) is 0. The first-order valence-electron chi connectivity index (χ1n) is 4.70. The molecule has 0 spiro atoms. The predicted molar refractivity (Wildman–Crippen MR) is 53.2 cm³/mol. The lowest BCUT2D eigenvalue weighted by Crippen LogP contribution is -1.94. The minimum Gasteiger partial charge on any atom is -0.496 e. The Balaban J connectivity index is 2.49. The van der Waals surface area contributed by atoms with Crippen molar-refractivity contribution in [1.29, 1.82) is 0 Å². The summed E-state index contributed by atoms with van der Waals surface area (Å²) in [5.41, 5.74) is 1.15. The molecule has 0 radical (unpaired) electrons. The highest BCUT2D eigenvalue weighted by Gasteiger charge is 2.18. The van der Waals surface area contributed by atoms with Crippen LogP contribution in [0.3, 0.4) is 0 Å². The Morgan fingerprint density at radius 1 is 1.21 bits per heavy atom. The molecule has 1 aromatic carbocycles. The first-order valence-corrected chi connectivity index (χ1v) is 4.70. The van der Waals surface area contributed by atoms with Gasteiger partial charge in [-0.2, -0.15) is 0 Å². The maximum Gasteiger partial charge on any atom is 0.231 e. The molecule has 1 heterocycles. The van der Waals surface area contributed by atoms with Gasteiger partial charge < -0.3 is 14.2 Å². The van der Waals surface area contributed by atoms with Gasteiger partial charge in [0.05, 0.1) is 7.11 Å². The van der Waals surface area contributed by atoms with Crippen molar-refractivity contribution in [3.8, 4) is 17.2 Å². The number of fused-ring (bicyclic) bond motifs is 1. The van der Waals surface area contributed by atoms with Gasteiger partial charge in [-0.3, -0.25) is 0 Å². The van der Waals surface area contributed by atoms with Gasteiger partial charge in [0.15, 0.2) is 11.5 Å². The minimum atomic E-state index is 0.306. The fraction of sp³-hybridized carbons (Fsp3) is 0.455. The first-order chi connectivity index (χ1) is 6.72. The summed E-state index contributed by atoms with van der Waals surface area (Å²) in [5.74, 6) is 2.87. The van der Waals surface area contributed by atoms with E-state index in [-0.39, 0.29) is 0 Å². The number of hydrogen-bond donors (Lipinski definition) is 0. The van der Waals surface area contributed by atoms with Crippen LogP contribution in [0.15, 0.2) is 12.1 Å². The monoisotopic (exact) mass is 194 g/mol. The fourth-order valence-electron chi connectivity index (χ4n) is 1.57.